The number of rotatable bonds is 6. The Morgan fingerprint density at radius 3 is 2.47 bits per heavy atom. The maximum absolute atomic E-state index is 12.0. The number of nitrogens with one attached hydrogen (secondary N) is 3. The largest absolute Gasteiger partial charge is 0.454 e. The van der Waals surface area contributed by atoms with Gasteiger partial charge in [-0.2, -0.15) is 0 Å². The first kappa shape index (κ1) is 21.0. The zero-order valence-corrected chi connectivity index (χ0v) is 16.4. The van der Waals surface area contributed by atoms with Crippen LogP contribution in [0.15, 0.2) is 64.5 Å². The molecule has 1 heterocycles. The lowest BCUT2D eigenvalue weighted by atomic mass is 10.2. The van der Waals surface area contributed by atoms with Gasteiger partial charge in [-0.25, -0.2) is 13.2 Å². The van der Waals surface area contributed by atoms with Gasteiger partial charge in [0.15, 0.2) is 6.61 Å². The van der Waals surface area contributed by atoms with Crippen LogP contribution in [0, 0.1) is 0 Å². The highest BCUT2D eigenvalue weighted by Crippen LogP contribution is 2.21. The fourth-order valence-corrected chi connectivity index (χ4v) is 3.82. The van der Waals surface area contributed by atoms with Gasteiger partial charge in [0.05, 0.1) is 4.90 Å². The molecule has 0 spiro atoms. The monoisotopic (exact) mass is 430 g/mol. The van der Waals surface area contributed by atoms with Crippen LogP contribution in [0.5, 0.6) is 0 Å². The highest BCUT2D eigenvalue weighted by Gasteiger charge is 2.30. The molecule has 3 rings (SSSR count). The Morgan fingerprint density at radius 2 is 1.70 bits per heavy atom. The number of urea groups is 1. The number of amides is 3. The lowest BCUT2D eigenvalue weighted by Crippen LogP contribution is -2.41. The van der Waals surface area contributed by atoms with E-state index in [9.17, 15) is 22.8 Å². The molecule has 0 radical (unpaired) electrons. The molecule has 2 aromatic carbocycles. The lowest BCUT2D eigenvalue weighted by molar-refractivity contribution is -0.146. The molecular weight excluding hydrogens is 412 g/mol. The smallest absolute Gasteiger partial charge is 0.328 e. The standard InChI is InChI=1S/C19H18N4O6S/c24-16(22-19(26)21-10-13-6-2-1-3-7-13)12-29-17(25)11-20-18-14-8-4-5-9-15(14)30(27,28)23-18/h1-9H,10-12H2,(H,20,23)(H2,21,22,24,26). The van der Waals surface area contributed by atoms with Crippen LogP contribution in [0.25, 0.3) is 0 Å². The highest BCUT2D eigenvalue weighted by atomic mass is 32.2. The third-order valence-corrected chi connectivity index (χ3v) is 5.34. The van der Waals surface area contributed by atoms with E-state index in [1.165, 1.54) is 6.07 Å². The van der Waals surface area contributed by atoms with E-state index >= 15 is 0 Å². The summed E-state index contributed by atoms with van der Waals surface area (Å²) in [5.41, 5.74) is 1.20. The van der Waals surface area contributed by atoms with E-state index in [0.717, 1.165) is 5.56 Å². The molecule has 2 aromatic rings. The van der Waals surface area contributed by atoms with Crippen molar-refractivity contribution in [1.29, 1.82) is 0 Å². The van der Waals surface area contributed by atoms with E-state index in [4.69, 9.17) is 4.74 Å². The van der Waals surface area contributed by atoms with Crippen molar-refractivity contribution in [3.8, 4) is 0 Å². The number of fused-ring (bicyclic) bond motifs is 1. The van der Waals surface area contributed by atoms with Crippen molar-refractivity contribution in [3.05, 3.63) is 65.7 Å². The predicted octanol–water partition coefficient (Wildman–Crippen LogP) is 0.294. The Morgan fingerprint density at radius 1 is 1.00 bits per heavy atom. The number of carbonyl (C=O) groups is 3. The number of amidine groups is 1. The first-order valence-corrected chi connectivity index (χ1v) is 10.3. The number of esters is 1. The zero-order valence-electron chi connectivity index (χ0n) is 15.6. The van der Waals surface area contributed by atoms with E-state index in [1.807, 2.05) is 35.6 Å². The summed E-state index contributed by atoms with van der Waals surface area (Å²) in [4.78, 5) is 39.1. The summed E-state index contributed by atoms with van der Waals surface area (Å²) >= 11 is 0. The summed E-state index contributed by atoms with van der Waals surface area (Å²) in [6, 6.07) is 14.6. The normalized spacial score (nSPS) is 15.0. The number of sulfonamides is 1. The van der Waals surface area contributed by atoms with Crippen LogP contribution in [0.3, 0.4) is 0 Å². The summed E-state index contributed by atoms with van der Waals surface area (Å²) in [6.07, 6.45) is 0. The van der Waals surface area contributed by atoms with Crippen molar-refractivity contribution in [2.24, 2.45) is 4.99 Å². The van der Waals surface area contributed by atoms with Crippen molar-refractivity contribution in [2.45, 2.75) is 11.4 Å². The number of hydrogen-bond donors (Lipinski definition) is 3. The number of aliphatic imine (C=N–C) groups is 1. The first-order valence-electron chi connectivity index (χ1n) is 8.79. The Labute approximate surface area is 172 Å². The van der Waals surface area contributed by atoms with Gasteiger partial charge in [-0.3, -0.25) is 24.6 Å². The zero-order chi connectivity index (χ0) is 21.6. The number of hydrogen-bond acceptors (Lipinski definition) is 7. The van der Waals surface area contributed by atoms with Gasteiger partial charge in [-0.1, -0.05) is 42.5 Å². The molecule has 3 N–H and O–H groups in total. The van der Waals surface area contributed by atoms with Gasteiger partial charge in [0.1, 0.15) is 12.4 Å². The van der Waals surface area contributed by atoms with Crippen molar-refractivity contribution < 1.29 is 27.5 Å². The Bertz CT molecular complexity index is 1100. The number of nitrogens with zero attached hydrogens (tertiary/aromatic N) is 1. The molecule has 0 saturated heterocycles. The van der Waals surface area contributed by atoms with Gasteiger partial charge in [0.2, 0.25) is 0 Å². The van der Waals surface area contributed by atoms with Crippen LogP contribution in [-0.4, -0.2) is 45.3 Å². The molecule has 1 aliphatic heterocycles. The van der Waals surface area contributed by atoms with Gasteiger partial charge in [-0.15, -0.1) is 0 Å². The van der Waals surface area contributed by atoms with Crippen LogP contribution in [0.1, 0.15) is 11.1 Å². The van der Waals surface area contributed by atoms with E-state index in [-0.39, 0.29) is 17.3 Å². The topological polar surface area (TPSA) is 143 Å². The van der Waals surface area contributed by atoms with Gasteiger partial charge in [0, 0.05) is 12.1 Å². The number of imide groups is 1. The van der Waals surface area contributed by atoms with Crippen molar-refractivity contribution in [2.75, 3.05) is 13.2 Å². The van der Waals surface area contributed by atoms with E-state index < -0.39 is 41.1 Å². The van der Waals surface area contributed by atoms with Crippen molar-refractivity contribution >= 4 is 33.8 Å². The summed E-state index contributed by atoms with van der Waals surface area (Å²) in [5, 5.41) is 4.53. The molecule has 30 heavy (non-hydrogen) atoms. The summed E-state index contributed by atoms with van der Waals surface area (Å²) in [5.74, 6) is -1.65. The van der Waals surface area contributed by atoms with Crippen LogP contribution in [0.2, 0.25) is 0 Å². The second-order valence-corrected chi connectivity index (χ2v) is 7.79. The van der Waals surface area contributed by atoms with Crippen LogP contribution in [-0.2, 0) is 30.9 Å². The SMILES string of the molecule is O=C(COC(=O)CN=C1NS(=O)(=O)c2ccccc21)NC(=O)NCc1ccccc1. The molecule has 3 amide bonds. The summed E-state index contributed by atoms with van der Waals surface area (Å²) in [7, 11) is -3.71. The molecule has 0 saturated carbocycles. The number of benzene rings is 2. The quantitative estimate of drug-likeness (QED) is 0.562. The molecule has 0 aromatic heterocycles. The molecule has 0 bridgehead atoms. The van der Waals surface area contributed by atoms with Gasteiger partial charge < -0.3 is 10.1 Å². The second kappa shape index (κ2) is 9.18. The molecule has 10 nitrogen and oxygen atoms in total. The Hall–Kier alpha value is -3.73. The minimum Gasteiger partial charge on any atom is -0.454 e. The average Bonchev–Trinajstić information content (AvgIpc) is 3.00. The molecule has 0 unspecified atom stereocenters. The van der Waals surface area contributed by atoms with E-state index in [2.05, 4.69) is 15.0 Å². The van der Waals surface area contributed by atoms with Gasteiger partial charge in [0.25, 0.3) is 15.9 Å². The van der Waals surface area contributed by atoms with Crippen LogP contribution >= 0.6 is 0 Å². The maximum atomic E-state index is 12.0. The van der Waals surface area contributed by atoms with Crippen LogP contribution < -0.4 is 15.4 Å². The fourth-order valence-electron chi connectivity index (χ4n) is 2.57. The molecular formula is C19H18N4O6S. The first-order chi connectivity index (χ1) is 14.3. The van der Waals surface area contributed by atoms with E-state index in [1.54, 1.807) is 18.2 Å². The molecule has 1 aliphatic rings. The van der Waals surface area contributed by atoms with Crippen LogP contribution in [0.4, 0.5) is 4.79 Å². The van der Waals surface area contributed by atoms with Gasteiger partial charge >= 0.3 is 12.0 Å². The molecule has 0 aliphatic carbocycles. The third kappa shape index (κ3) is 5.41. The minimum atomic E-state index is -3.71. The molecule has 0 fully saturated rings. The second-order valence-electron chi connectivity index (χ2n) is 6.14. The number of ether oxygens (including phenoxy) is 1. The maximum Gasteiger partial charge on any atom is 0.328 e. The summed E-state index contributed by atoms with van der Waals surface area (Å²) in [6.45, 7) is -0.945. The predicted molar refractivity (Wildman–Crippen MR) is 106 cm³/mol. The average molecular weight is 430 g/mol. The fraction of sp³-hybridized carbons (Fsp3) is 0.158. The lowest BCUT2D eigenvalue weighted by Gasteiger charge is -2.07. The van der Waals surface area contributed by atoms with Crippen molar-refractivity contribution in [1.82, 2.24) is 15.4 Å². The highest BCUT2D eigenvalue weighted by molar-refractivity contribution is 7.90. The molecule has 11 heteroatoms. The van der Waals surface area contributed by atoms with Gasteiger partial charge in [-0.05, 0) is 17.7 Å². The number of carbonyl (C=O) groups excluding carboxylic acids is 3. The van der Waals surface area contributed by atoms with Crippen molar-refractivity contribution in [3.63, 3.8) is 0 Å². The minimum absolute atomic E-state index is 0.0206. The Balaban J connectivity index is 1.43. The Kier molecular flexibility index (Phi) is 6.42. The summed E-state index contributed by atoms with van der Waals surface area (Å²) < 4.78 is 30.9. The third-order valence-electron chi connectivity index (χ3n) is 3.94. The molecule has 0 atom stereocenters. The van der Waals surface area contributed by atoms with E-state index in [0.29, 0.717) is 5.56 Å². The molecule has 156 valence electrons.